The highest BCUT2D eigenvalue weighted by molar-refractivity contribution is 7.60. The van der Waals surface area contributed by atoms with Gasteiger partial charge in [0.05, 0.1) is 6.54 Å². The number of hydrogen-bond acceptors (Lipinski definition) is 3. The Labute approximate surface area is 130 Å². The molecule has 2 rings (SSSR count). The van der Waals surface area contributed by atoms with E-state index >= 15 is 0 Å². The van der Waals surface area contributed by atoms with E-state index in [1.807, 2.05) is 6.07 Å². The van der Waals surface area contributed by atoms with Crippen LogP contribution in [0.2, 0.25) is 0 Å². The third kappa shape index (κ3) is 4.26. The van der Waals surface area contributed by atoms with E-state index in [2.05, 4.69) is 58.7 Å². The summed E-state index contributed by atoms with van der Waals surface area (Å²) in [4.78, 5) is 9.14. The van der Waals surface area contributed by atoms with Crippen molar-refractivity contribution in [2.45, 2.75) is 58.0 Å². The molecule has 1 aliphatic heterocycles. The van der Waals surface area contributed by atoms with Crippen LogP contribution >= 0.6 is 7.92 Å². The van der Waals surface area contributed by atoms with Crippen molar-refractivity contribution in [2.75, 3.05) is 13.2 Å². The standard InChI is InChI=1S/C17H27N2OP/c1-16(2,3)21(17(4,5)6)12-13-8-7-9-14(19-13)15-18-10-11-20-15/h7-9H,10-12H2,1-6H3. The quantitative estimate of drug-likeness (QED) is 0.774. The summed E-state index contributed by atoms with van der Waals surface area (Å²) in [5, 5.41) is 0.624. The second kappa shape index (κ2) is 6.04. The first kappa shape index (κ1) is 16.4. The van der Waals surface area contributed by atoms with Gasteiger partial charge in [-0.1, -0.05) is 55.5 Å². The van der Waals surface area contributed by atoms with E-state index in [1.54, 1.807) is 0 Å². The Morgan fingerprint density at radius 2 is 1.76 bits per heavy atom. The molecule has 2 heterocycles. The molecule has 0 unspecified atom stereocenters. The summed E-state index contributed by atoms with van der Waals surface area (Å²) in [7, 11) is -0.187. The summed E-state index contributed by atoms with van der Waals surface area (Å²) in [6, 6.07) is 6.19. The topological polar surface area (TPSA) is 34.5 Å². The highest BCUT2D eigenvalue weighted by atomic mass is 31.1. The van der Waals surface area contributed by atoms with E-state index < -0.39 is 0 Å². The molecule has 0 saturated carbocycles. The first-order valence-electron chi connectivity index (χ1n) is 7.59. The predicted octanol–water partition coefficient (Wildman–Crippen LogP) is 4.44. The van der Waals surface area contributed by atoms with E-state index in [-0.39, 0.29) is 7.92 Å². The van der Waals surface area contributed by atoms with Gasteiger partial charge in [0, 0.05) is 11.9 Å². The van der Waals surface area contributed by atoms with E-state index in [0.29, 0.717) is 22.8 Å². The van der Waals surface area contributed by atoms with E-state index in [0.717, 1.165) is 24.1 Å². The molecule has 21 heavy (non-hydrogen) atoms. The molecule has 0 fully saturated rings. The molecule has 3 nitrogen and oxygen atoms in total. The summed E-state index contributed by atoms with van der Waals surface area (Å²) in [6.07, 6.45) is 1.05. The molecule has 1 aromatic heterocycles. The van der Waals surface area contributed by atoms with E-state index in [1.165, 1.54) is 0 Å². The predicted molar refractivity (Wildman–Crippen MR) is 91.7 cm³/mol. The monoisotopic (exact) mass is 306 g/mol. The normalized spacial score (nSPS) is 16.0. The van der Waals surface area contributed by atoms with Gasteiger partial charge >= 0.3 is 0 Å². The minimum Gasteiger partial charge on any atom is -0.474 e. The largest absolute Gasteiger partial charge is 0.474 e. The Balaban J connectivity index is 2.23. The summed E-state index contributed by atoms with van der Waals surface area (Å²) >= 11 is 0. The molecule has 0 radical (unpaired) electrons. The van der Waals surface area contributed by atoms with Gasteiger partial charge in [-0.05, 0) is 22.4 Å². The van der Waals surface area contributed by atoms with Gasteiger partial charge in [0.15, 0.2) is 0 Å². The number of ether oxygens (including phenoxy) is 1. The second-order valence-corrected chi connectivity index (χ2v) is 11.3. The lowest BCUT2D eigenvalue weighted by molar-refractivity contribution is 0.347. The number of pyridine rings is 1. The Morgan fingerprint density at radius 3 is 2.29 bits per heavy atom. The molecule has 0 aromatic carbocycles. The second-order valence-electron chi connectivity index (χ2n) is 7.48. The molecule has 0 amide bonds. The first-order chi connectivity index (χ1) is 9.68. The van der Waals surface area contributed by atoms with Gasteiger partial charge < -0.3 is 4.74 Å². The molecule has 0 N–H and O–H groups in total. The lowest BCUT2D eigenvalue weighted by Crippen LogP contribution is -2.26. The summed E-state index contributed by atoms with van der Waals surface area (Å²) in [5.74, 6) is 0.702. The van der Waals surface area contributed by atoms with Gasteiger partial charge in [0.25, 0.3) is 0 Å². The van der Waals surface area contributed by atoms with Crippen LogP contribution in [0, 0.1) is 0 Å². The zero-order valence-electron chi connectivity index (χ0n) is 14.1. The smallest absolute Gasteiger partial charge is 0.235 e. The molecule has 0 saturated heterocycles. The fourth-order valence-electron chi connectivity index (χ4n) is 2.82. The minimum absolute atomic E-state index is 0.187. The molecule has 0 spiro atoms. The number of aliphatic imine (C=N–C) groups is 1. The zero-order valence-corrected chi connectivity index (χ0v) is 15.0. The molecule has 0 atom stereocenters. The van der Waals surface area contributed by atoms with Crippen LogP contribution in [0.15, 0.2) is 23.2 Å². The van der Waals surface area contributed by atoms with Crippen molar-refractivity contribution in [3.05, 3.63) is 29.6 Å². The van der Waals surface area contributed by atoms with Gasteiger partial charge in [-0.2, -0.15) is 0 Å². The minimum atomic E-state index is -0.187. The van der Waals surface area contributed by atoms with Crippen molar-refractivity contribution in [2.24, 2.45) is 4.99 Å². The molecular weight excluding hydrogens is 279 g/mol. The maximum atomic E-state index is 5.53. The van der Waals surface area contributed by atoms with Crippen molar-refractivity contribution in [1.29, 1.82) is 0 Å². The fourth-order valence-corrected chi connectivity index (χ4v) is 6.28. The van der Waals surface area contributed by atoms with Gasteiger partial charge in [-0.15, -0.1) is 0 Å². The van der Waals surface area contributed by atoms with Crippen molar-refractivity contribution in [3.8, 4) is 0 Å². The lowest BCUT2D eigenvalue weighted by Gasteiger charge is -2.41. The Bertz CT molecular complexity index is 512. The van der Waals surface area contributed by atoms with Gasteiger partial charge in [-0.25, -0.2) is 9.98 Å². The van der Waals surface area contributed by atoms with Crippen LogP contribution < -0.4 is 0 Å². The number of nitrogens with zero attached hydrogens (tertiary/aromatic N) is 2. The maximum Gasteiger partial charge on any atom is 0.235 e. The van der Waals surface area contributed by atoms with Gasteiger partial charge in [0.2, 0.25) is 5.90 Å². The van der Waals surface area contributed by atoms with Crippen molar-refractivity contribution in [3.63, 3.8) is 0 Å². The molecular formula is C17H27N2OP. The average molecular weight is 306 g/mol. The third-order valence-electron chi connectivity index (χ3n) is 3.55. The van der Waals surface area contributed by atoms with Crippen molar-refractivity contribution < 1.29 is 4.74 Å². The Morgan fingerprint density at radius 1 is 1.10 bits per heavy atom. The van der Waals surface area contributed by atoms with Crippen LogP contribution in [0.3, 0.4) is 0 Å². The SMILES string of the molecule is CC(C)(C)P(Cc1cccc(C2=NCCO2)n1)C(C)(C)C. The summed E-state index contributed by atoms with van der Waals surface area (Å²) in [6.45, 7) is 15.5. The molecule has 1 aromatic rings. The highest BCUT2D eigenvalue weighted by Crippen LogP contribution is 2.60. The maximum absolute atomic E-state index is 5.53. The van der Waals surface area contributed by atoms with Crippen molar-refractivity contribution >= 4 is 13.8 Å². The Hall–Kier alpha value is -0.950. The number of rotatable bonds is 3. The zero-order chi connectivity index (χ0) is 15.7. The Kier molecular flexibility index (Phi) is 4.72. The van der Waals surface area contributed by atoms with Crippen LogP contribution in [-0.4, -0.2) is 34.3 Å². The number of aromatic nitrogens is 1. The fraction of sp³-hybridized carbons (Fsp3) is 0.647. The molecule has 0 aliphatic carbocycles. The van der Waals surface area contributed by atoms with Crippen LogP contribution in [0.1, 0.15) is 52.9 Å². The van der Waals surface area contributed by atoms with Gasteiger partial charge in [0.1, 0.15) is 12.3 Å². The number of hydrogen-bond donors (Lipinski definition) is 0. The molecule has 0 bridgehead atoms. The van der Waals surface area contributed by atoms with E-state index in [4.69, 9.17) is 9.72 Å². The van der Waals surface area contributed by atoms with Crippen LogP contribution in [0.4, 0.5) is 0 Å². The lowest BCUT2D eigenvalue weighted by atomic mass is 10.2. The van der Waals surface area contributed by atoms with Crippen LogP contribution in [0.5, 0.6) is 0 Å². The molecule has 116 valence electrons. The van der Waals surface area contributed by atoms with Crippen molar-refractivity contribution in [1.82, 2.24) is 4.98 Å². The highest BCUT2D eigenvalue weighted by Gasteiger charge is 2.34. The van der Waals surface area contributed by atoms with Crippen LogP contribution in [0.25, 0.3) is 0 Å². The molecule has 4 heteroatoms. The third-order valence-corrected chi connectivity index (χ3v) is 7.43. The average Bonchev–Trinajstić information content (AvgIpc) is 2.87. The first-order valence-corrected chi connectivity index (χ1v) is 9.12. The van der Waals surface area contributed by atoms with Crippen LogP contribution in [-0.2, 0) is 10.9 Å². The van der Waals surface area contributed by atoms with E-state index in [9.17, 15) is 0 Å². The molecule has 1 aliphatic rings. The summed E-state index contributed by atoms with van der Waals surface area (Å²) in [5.41, 5.74) is 2.03. The summed E-state index contributed by atoms with van der Waals surface area (Å²) < 4.78 is 5.53. The van der Waals surface area contributed by atoms with Gasteiger partial charge in [-0.3, -0.25) is 0 Å².